The third kappa shape index (κ3) is 21.3. The topological polar surface area (TPSA) is 53.2 Å². The second-order valence-electron chi connectivity index (χ2n) is 3.65. The Labute approximate surface area is 107 Å². The molecule has 0 aliphatic rings. The molecule has 0 aromatic rings. The van der Waals surface area contributed by atoms with Crippen molar-refractivity contribution in [2.24, 2.45) is 0 Å². The van der Waals surface area contributed by atoms with Gasteiger partial charge in [-0.25, -0.2) is 0 Å². The van der Waals surface area contributed by atoms with E-state index in [4.69, 9.17) is 0 Å². The number of hydrogen-bond donors (Lipinski definition) is 3. The lowest BCUT2D eigenvalue weighted by Gasteiger charge is -2.05. The van der Waals surface area contributed by atoms with E-state index in [0.717, 1.165) is 39.1 Å². The Morgan fingerprint density at radius 2 is 1.47 bits per heavy atom. The van der Waals surface area contributed by atoms with Gasteiger partial charge in [-0.2, -0.15) is 0 Å². The van der Waals surface area contributed by atoms with E-state index in [9.17, 15) is 4.79 Å². The lowest BCUT2D eigenvalue weighted by atomic mass is 10.2. The molecule has 17 heavy (non-hydrogen) atoms. The van der Waals surface area contributed by atoms with Gasteiger partial charge in [-0.3, -0.25) is 4.79 Å². The summed E-state index contributed by atoms with van der Waals surface area (Å²) < 4.78 is 0. The molecule has 4 nitrogen and oxygen atoms in total. The number of nitrogens with one attached hydrogen (secondary N) is 3. The predicted octanol–water partition coefficient (Wildman–Crippen LogP) is 1.52. The molecule has 4 heteroatoms. The molecule has 0 spiro atoms. The molecule has 0 fully saturated rings. The van der Waals surface area contributed by atoms with Crippen LogP contribution in [0.15, 0.2) is 0 Å². The van der Waals surface area contributed by atoms with Gasteiger partial charge in [0, 0.05) is 26.6 Å². The molecule has 0 heterocycles. The highest BCUT2D eigenvalue weighted by Gasteiger charge is 1.91. The second kappa shape index (κ2) is 17.8. The Morgan fingerprint density at radius 3 is 2.06 bits per heavy atom. The summed E-state index contributed by atoms with van der Waals surface area (Å²) in [5.74, 6) is 0.0683. The number of carbonyl (C=O) groups excluding carboxylic acids is 1. The Kier molecular flexibility index (Phi) is 19.6. The third-order valence-corrected chi connectivity index (χ3v) is 2.13. The van der Waals surface area contributed by atoms with Gasteiger partial charge in [-0.05, 0) is 25.9 Å². The van der Waals surface area contributed by atoms with Gasteiger partial charge in [-0.15, -0.1) is 0 Å². The highest BCUT2D eigenvalue weighted by molar-refractivity contribution is 5.72. The number of amides is 1. The molecule has 0 saturated heterocycles. The maximum Gasteiger partial charge on any atom is 0.216 e. The Bertz CT molecular complexity index is 152. The summed E-state index contributed by atoms with van der Waals surface area (Å²) in [7, 11) is 0. The summed E-state index contributed by atoms with van der Waals surface area (Å²) in [5.41, 5.74) is 0. The molecule has 3 N–H and O–H groups in total. The Balaban J connectivity index is 0. The van der Waals surface area contributed by atoms with Gasteiger partial charge in [0.15, 0.2) is 0 Å². The quantitative estimate of drug-likeness (QED) is 0.512. The Morgan fingerprint density at radius 1 is 0.882 bits per heavy atom. The lowest BCUT2D eigenvalue weighted by Crippen LogP contribution is -2.27. The van der Waals surface area contributed by atoms with Crippen molar-refractivity contribution >= 4 is 5.91 Å². The van der Waals surface area contributed by atoms with Crippen molar-refractivity contribution in [2.75, 3.05) is 32.7 Å². The highest BCUT2D eigenvalue weighted by atomic mass is 16.1. The molecule has 104 valence electrons. The summed E-state index contributed by atoms with van der Waals surface area (Å²) in [6.45, 7) is 12.7. The van der Waals surface area contributed by atoms with E-state index >= 15 is 0 Å². The smallest absolute Gasteiger partial charge is 0.216 e. The summed E-state index contributed by atoms with van der Waals surface area (Å²) in [6.07, 6.45) is 3.44. The lowest BCUT2D eigenvalue weighted by molar-refractivity contribution is -0.118. The SMILES string of the molecule is CC.CCNCCNCCCCCNC(C)=O. The molecule has 0 aromatic carbocycles. The normalized spacial score (nSPS) is 9.41. The van der Waals surface area contributed by atoms with Crippen molar-refractivity contribution < 1.29 is 4.79 Å². The molecular weight excluding hydrogens is 214 g/mol. The predicted molar refractivity (Wildman–Crippen MR) is 75.3 cm³/mol. The third-order valence-electron chi connectivity index (χ3n) is 2.13. The highest BCUT2D eigenvalue weighted by Crippen LogP contribution is 1.91. The Hall–Kier alpha value is -0.610. The van der Waals surface area contributed by atoms with Gasteiger partial charge in [0.05, 0.1) is 0 Å². The number of likely N-dealkylation sites (N-methyl/N-ethyl adjacent to an activating group) is 1. The summed E-state index contributed by atoms with van der Waals surface area (Å²) >= 11 is 0. The molecule has 0 saturated carbocycles. The average molecular weight is 245 g/mol. The first kappa shape index (κ1) is 18.7. The first-order valence-electron chi connectivity index (χ1n) is 6.93. The number of hydrogen-bond acceptors (Lipinski definition) is 3. The van der Waals surface area contributed by atoms with E-state index in [2.05, 4.69) is 22.9 Å². The largest absolute Gasteiger partial charge is 0.356 e. The van der Waals surface area contributed by atoms with E-state index in [-0.39, 0.29) is 5.91 Å². The van der Waals surface area contributed by atoms with Crippen LogP contribution in [0.1, 0.15) is 47.0 Å². The first-order chi connectivity index (χ1) is 8.27. The monoisotopic (exact) mass is 245 g/mol. The summed E-state index contributed by atoms with van der Waals surface area (Å²) in [6, 6.07) is 0. The fourth-order valence-electron chi connectivity index (χ4n) is 1.29. The number of unbranched alkanes of at least 4 members (excludes halogenated alkanes) is 2. The van der Waals surface area contributed by atoms with Crippen LogP contribution in [0.3, 0.4) is 0 Å². The van der Waals surface area contributed by atoms with Gasteiger partial charge in [0.1, 0.15) is 0 Å². The molecule has 0 radical (unpaired) electrons. The zero-order valence-corrected chi connectivity index (χ0v) is 12.1. The first-order valence-corrected chi connectivity index (χ1v) is 6.93. The van der Waals surface area contributed by atoms with Crippen LogP contribution in [0.5, 0.6) is 0 Å². The van der Waals surface area contributed by atoms with Gasteiger partial charge in [0.25, 0.3) is 0 Å². The van der Waals surface area contributed by atoms with E-state index in [1.165, 1.54) is 12.8 Å². The van der Waals surface area contributed by atoms with Crippen LogP contribution in [0.4, 0.5) is 0 Å². The maximum atomic E-state index is 10.5. The maximum absolute atomic E-state index is 10.5. The van der Waals surface area contributed by atoms with Crippen LogP contribution >= 0.6 is 0 Å². The van der Waals surface area contributed by atoms with Gasteiger partial charge in [-0.1, -0.05) is 27.2 Å². The van der Waals surface area contributed by atoms with E-state index in [1.54, 1.807) is 6.92 Å². The van der Waals surface area contributed by atoms with Crippen molar-refractivity contribution in [1.82, 2.24) is 16.0 Å². The van der Waals surface area contributed by atoms with E-state index in [0.29, 0.717) is 0 Å². The van der Waals surface area contributed by atoms with Gasteiger partial charge >= 0.3 is 0 Å². The number of rotatable bonds is 10. The number of carbonyl (C=O) groups is 1. The van der Waals surface area contributed by atoms with Crippen molar-refractivity contribution in [3.63, 3.8) is 0 Å². The van der Waals surface area contributed by atoms with Crippen LogP contribution in [-0.2, 0) is 4.79 Å². The van der Waals surface area contributed by atoms with Gasteiger partial charge < -0.3 is 16.0 Å². The molecule has 0 rings (SSSR count). The summed E-state index contributed by atoms with van der Waals surface area (Å²) in [5, 5.41) is 9.43. The van der Waals surface area contributed by atoms with E-state index in [1.807, 2.05) is 13.8 Å². The minimum Gasteiger partial charge on any atom is -0.356 e. The van der Waals surface area contributed by atoms with Crippen LogP contribution in [0.2, 0.25) is 0 Å². The van der Waals surface area contributed by atoms with Crippen molar-refractivity contribution in [2.45, 2.75) is 47.0 Å². The molecule has 0 aliphatic carbocycles. The molecule has 0 bridgehead atoms. The molecular formula is C13H31N3O. The fraction of sp³-hybridized carbons (Fsp3) is 0.923. The second-order valence-corrected chi connectivity index (χ2v) is 3.65. The van der Waals surface area contributed by atoms with Crippen molar-refractivity contribution in [1.29, 1.82) is 0 Å². The van der Waals surface area contributed by atoms with Gasteiger partial charge in [0.2, 0.25) is 5.91 Å². The minimum atomic E-state index is 0.0683. The standard InChI is InChI=1S/C11H25N3O.C2H6/c1-3-12-9-10-13-7-5-4-6-8-14-11(2)15;1-2/h12-13H,3-10H2,1-2H3,(H,14,15);1-2H3. The molecule has 1 amide bonds. The van der Waals surface area contributed by atoms with E-state index < -0.39 is 0 Å². The molecule has 0 aromatic heterocycles. The van der Waals surface area contributed by atoms with Crippen molar-refractivity contribution in [3.05, 3.63) is 0 Å². The molecule has 0 unspecified atom stereocenters. The minimum absolute atomic E-state index is 0.0683. The van der Waals surface area contributed by atoms with Crippen LogP contribution < -0.4 is 16.0 Å². The van der Waals surface area contributed by atoms with Crippen LogP contribution in [-0.4, -0.2) is 38.6 Å². The summed E-state index contributed by atoms with van der Waals surface area (Å²) in [4.78, 5) is 10.5. The van der Waals surface area contributed by atoms with Crippen LogP contribution in [0.25, 0.3) is 0 Å². The fourth-order valence-corrected chi connectivity index (χ4v) is 1.29. The zero-order chi connectivity index (χ0) is 13.4. The average Bonchev–Trinajstić information content (AvgIpc) is 2.34. The van der Waals surface area contributed by atoms with Crippen LogP contribution in [0, 0.1) is 0 Å². The molecule has 0 atom stereocenters. The zero-order valence-electron chi connectivity index (χ0n) is 12.1. The molecule has 0 aliphatic heterocycles. The van der Waals surface area contributed by atoms with Crippen molar-refractivity contribution in [3.8, 4) is 0 Å².